The number of rotatable bonds is 5. The number of hydrogen-bond acceptors (Lipinski definition) is 3. The number of hydrazine groups is 1. The molecule has 0 amide bonds. The van der Waals surface area contributed by atoms with Gasteiger partial charge in [0.25, 0.3) is 0 Å². The SMILES string of the molecule is Cc1nn(C)c(CC(Cc2c(F)cccc2Cl)NN)c1Br. The Morgan fingerprint density at radius 3 is 2.71 bits per heavy atom. The molecule has 0 fully saturated rings. The molecule has 114 valence electrons. The average molecular weight is 376 g/mol. The first-order chi connectivity index (χ1) is 9.93. The van der Waals surface area contributed by atoms with Gasteiger partial charge >= 0.3 is 0 Å². The molecule has 1 aromatic heterocycles. The number of aromatic nitrogens is 2. The summed E-state index contributed by atoms with van der Waals surface area (Å²) >= 11 is 9.59. The Morgan fingerprint density at radius 2 is 2.19 bits per heavy atom. The van der Waals surface area contributed by atoms with Crippen molar-refractivity contribution >= 4 is 27.5 Å². The van der Waals surface area contributed by atoms with E-state index in [0.717, 1.165) is 15.9 Å². The third-order valence-electron chi connectivity index (χ3n) is 3.45. The number of aryl methyl sites for hydroxylation is 2. The van der Waals surface area contributed by atoms with Crippen molar-refractivity contribution < 1.29 is 4.39 Å². The van der Waals surface area contributed by atoms with Crippen LogP contribution in [0, 0.1) is 12.7 Å². The average Bonchev–Trinajstić information content (AvgIpc) is 2.67. The van der Waals surface area contributed by atoms with Crippen LogP contribution in [0.1, 0.15) is 17.0 Å². The summed E-state index contributed by atoms with van der Waals surface area (Å²) in [5, 5.41) is 4.75. The minimum atomic E-state index is -0.317. The smallest absolute Gasteiger partial charge is 0.127 e. The molecule has 1 atom stereocenters. The van der Waals surface area contributed by atoms with E-state index in [2.05, 4.69) is 26.5 Å². The summed E-state index contributed by atoms with van der Waals surface area (Å²) < 4.78 is 16.6. The fraction of sp³-hybridized carbons (Fsp3) is 0.357. The van der Waals surface area contributed by atoms with Gasteiger partial charge in [0.1, 0.15) is 5.82 Å². The molecule has 0 saturated heterocycles. The minimum Gasteiger partial charge on any atom is -0.271 e. The lowest BCUT2D eigenvalue weighted by molar-refractivity contribution is 0.492. The van der Waals surface area contributed by atoms with E-state index in [0.29, 0.717) is 23.4 Å². The van der Waals surface area contributed by atoms with E-state index in [1.165, 1.54) is 6.07 Å². The van der Waals surface area contributed by atoms with E-state index >= 15 is 0 Å². The molecule has 1 unspecified atom stereocenters. The Bertz CT molecular complexity index is 624. The zero-order chi connectivity index (χ0) is 15.6. The molecule has 0 aliphatic heterocycles. The largest absolute Gasteiger partial charge is 0.271 e. The second-order valence-corrected chi connectivity index (χ2v) is 6.14. The quantitative estimate of drug-likeness (QED) is 0.624. The maximum Gasteiger partial charge on any atom is 0.127 e. The molecule has 0 aliphatic rings. The van der Waals surface area contributed by atoms with Crippen LogP contribution in [0.4, 0.5) is 4.39 Å². The van der Waals surface area contributed by atoms with Gasteiger partial charge in [0.05, 0.1) is 15.9 Å². The molecule has 3 N–H and O–H groups in total. The normalized spacial score (nSPS) is 12.7. The fourth-order valence-corrected chi connectivity index (χ4v) is 3.04. The standard InChI is InChI=1S/C14H17BrClFN4/c1-8-14(15)13(21(2)20-8)7-9(19-18)6-10-11(16)4-3-5-12(10)17/h3-5,9,19H,6-7,18H2,1-2H3. The van der Waals surface area contributed by atoms with Gasteiger partial charge in [-0.05, 0) is 41.4 Å². The van der Waals surface area contributed by atoms with Crippen LogP contribution in [-0.2, 0) is 19.9 Å². The van der Waals surface area contributed by atoms with Crippen LogP contribution in [0.5, 0.6) is 0 Å². The summed E-state index contributed by atoms with van der Waals surface area (Å²) in [6.45, 7) is 1.92. The van der Waals surface area contributed by atoms with Crippen LogP contribution < -0.4 is 11.3 Å². The Morgan fingerprint density at radius 1 is 1.48 bits per heavy atom. The van der Waals surface area contributed by atoms with Crippen molar-refractivity contribution in [3.8, 4) is 0 Å². The number of hydrogen-bond donors (Lipinski definition) is 2. The zero-order valence-electron chi connectivity index (χ0n) is 11.8. The van der Waals surface area contributed by atoms with Crippen molar-refractivity contribution in [3.63, 3.8) is 0 Å². The third-order valence-corrected chi connectivity index (χ3v) is 4.83. The van der Waals surface area contributed by atoms with Gasteiger partial charge in [-0.1, -0.05) is 17.7 Å². The summed E-state index contributed by atoms with van der Waals surface area (Å²) in [6.07, 6.45) is 1.01. The van der Waals surface area contributed by atoms with E-state index in [-0.39, 0.29) is 11.9 Å². The predicted octanol–water partition coefficient (Wildman–Crippen LogP) is 2.90. The highest BCUT2D eigenvalue weighted by Crippen LogP contribution is 2.24. The molecule has 1 aromatic carbocycles. The third kappa shape index (κ3) is 3.63. The second-order valence-electron chi connectivity index (χ2n) is 4.94. The first kappa shape index (κ1) is 16.4. The molecular weight excluding hydrogens is 359 g/mol. The lowest BCUT2D eigenvalue weighted by atomic mass is 10.0. The number of nitrogens with one attached hydrogen (secondary N) is 1. The second kappa shape index (κ2) is 6.87. The molecule has 7 heteroatoms. The molecule has 4 nitrogen and oxygen atoms in total. The molecule has 0 bridgehead atoms. The van der Waals surface area contributed by atoms with Gasteiger partial charge in [-0.25, -0.2) is 4.39 Å². The van der Waals surface area contributed by atoms with Crippen molar-refractivity contribution in [1.82, 2.24) is 15.2 Å². The van der Waals surface area contributed by atoms with E-state index in [9.17, 15) is 4.39 Å². The number of benzene rings is 1. The topological polar surface area (TPSA) is 55.9 Å². The lowest BCUT2D eigenvalue weighted by Crippen LogP contribution is -2.39. The van der Waals surface area contributed by atoms with Gasteiger partial charge in [-0.3, -0.25) is 16.0 Å². The van der Waals surface area contributed by atoms with Gasteiger partial charge in [0.15, 0.2) is 0 Å². The van der Waals surface area contributed by atoms with Crippen LogP contribution in [0.25, 0.3) is 0 Å². The van der Waals surface area contributed by atoms with Gasteiger partial charge in [-0.15, -0.1) is 0 Å². The fourth-order valence-electron chi connectivity index (χ4n) is 2.30. The van der Waals surface area contributed by atoms with Gasteiger partial charge < -0.3 is 0 Å². The first-order valence-corrected chi connectivity index (χ1v) is 7.68. The predicted molar refractivity (Wildman–Crippen MR) is 85.6 cm³/mol. The van der Waals surface area contributed by atoms with Gasteiger partial charge in [-0.2, -0.15) is 5.10 Å². The van der Waals surface area contributed by atoms with Crippen molar-refractivity contribution in [2.24, 2.45) is 12.9 Å². The maximum atomic E-state index is 13.9. The Labute approximate surface area is 136 Å². The molecule has 2 rings (SSSR count). The van der Waals surface area contributed by atoms with Crippen LogP contribution in [0.15, 0.2) is 22.7 Å². The number of nitrogens with two attached hydrogens (primary N) is 1. The lowest BCUT2D eigenvalue weighted by Gasteiger charge is -2.17. The van der Waals surface area contributed by atoms with Gasteiger partial charge in [0.2, 0.25) is 0 Å². The first-order valence-electron chi connectivity index (χ1n) is 6.51. The summed E-state index contributed by atoms with van der Waals surface area (Å²) in [5.41, 5.74) is 5.11. The van der Waals surface area contributed by atoms with E-state index < -0.39 is 0 Å². The van der Waals surface area contributed by atoms with Gasteiger partial charge in [0, 0.05) is 30.1 Å². The minimum absolute atomic E-state index is 0.148. The molecule has 0 radical (unpaired) electrons. The molecule has 0 aliphatic carbocycles. The summed E-state index contributed by atoms with van der Waals surface area (Å²) in [5.74, 6) is 5.30. The molecular formula is C14H17BrClFN4. The van der Waals surface area contributed by atoms with Crippen LogP contribution in [0.3, 0.4) is 0 Å². The maximum absolute atomic E-state index is 13.9. The Hall–Kier alpha value is -0.950. The summed E-state index contributed by atoms with van der Waals surface area (Å²) in [7, 11) is 1.87. The van der Waals surface area contributed by atoms with Crippen LogP contribution in [-0.4, -0.2) is 15.8 Å². The highest BCUT2D eigenvalue weighted by Gasteiger charge is 2.19. The number of halogens is 3. The van der Waals surface area contributed by atoms with Crippen molar-refractivity contribution in [1.29, 1.82) is 0 Å². The molecule has 0 spiro atoms. The monoisotopic (exact) mass is 374 g/mol. The Balaban J connectivity index is 2.21. The zero-order valence-corrected chi connectivity index (χ0v) is 14.2. The number of nitrogens with zero attached hydrogens (tertiary/aromatic N) is 2. The van der Waals surface area contributed by atoms with Crippen LogP contribution in [0.2, 0.25) is 5.02 Å². The molecule has 0 saturated carbocycles. The van der Waals surface area contributed by atoms with E-state index in [1.807, 2.05) is 14.0 Å². The molecule has 2 aromatic rings. The highest BCUT2D eigenvalue weighted by atomic mass is 79.9. The molecule has 1 heterocycles. The van der Waals surface area contributed by atoms with E-state index in [4.69, 9.17) is 17.4 Å². The van der Waals surface area contributed by atoms with E-state index in [1.54, 1.807) is 16.8 Å². The summed E-state index contributed by atoms with van der Waals surface area (Å²) in [6, 6.07) is 4.52. The highest BCUT2D eigenvalue weighted by molar-refractivity contribution is 9.10. The van der Waals surface area contributed by atoms with Crippen molar-refractivity contribution in [3.05, 3.63) is 50.5 Å². The molecule has 21 heavy (non-hydrogen) atoms. The van der Waals surface area contributed by atoms with Crippen LogP contribution >= 0.6 is 27.5 Å². The van der Waals surface area contributed by atoms with Crippen molar-refractivity contribution in [2.75, 3.05) is 0 Å². The van der Waals surface area contributed by atoms with Crippen molar-refractivity contribution in [2.45, 2.75) is 25.8 Å². The Kier molecular flexibility index (Phi) is 5.37. The summed E-state index contributed by atoms with van der Waals surface area (Å²) in [4.78, 5) is 0.